The molecular weight excluding hydrogens is 340 g/mol. The summed E-state index contributed by atoms with van der Waals surface area (Å²) in [5, 5.41) is 0. The van der Waals surface area contributed by atoms with Gasteiger partial charge in [-0.25, -0.2) is 0 Å². The highest BCUT2D eigenvalue weighted by Gasteiger charge is 2.11. The standard InChI is InChI=1S/C10H12O4.C9H10O3/c1-12-7-4-9(13-2)8(6-11)10(5-7)14-3;1-11-8-3-4-9(12-2)7(5-8)6-10/h4-6H,1-3H3;3-6H,1-2H3. The number of rotatable bonds is 7. The smallest absolute Gasteiger partial charge is 0.157 e. The third-order valence-electron chi connectivity index (χ3n) is 3.43. The van der Waals surface area contributed by atoms with Crippen LogP contribution in [0.5, 0.6) is 28.7 Å². The molecule has 2 aromatic carbocycles. The lowest BCUT2D eigenvalue weighted by Crippen LogP contribution is -1.96. The van der Waals surface area contributed by atoms with E-state index in [0.29, 0.717) is 46.2 Å². The number of ether oxygens (including phenoxy) is 5. The van der Waals surface area contributed by atoms with Gasteiger partial charge in [-0.1, -0.05) is 0 Å². The second-order valence-electron chi connectivity index (χ2n) is 4.79. The molecule has 0 heterocycles. The van der Waals surface area contributed by atoms with Gasteiger partial charge in [-0.2, -0.15) is 0 Å². The Morgan fingerprint density at radius 3 is 1.54 bits per heavy atom. The predicted molar refractivity (Wildman–Crippen MR) is 96.4 cm³/mol. The number of carbonyl (C=O) groups is 2. The number of hydrogen-bond acceptors (Lipinski definition) is 7. The van der Waals surface area contributed by atoms with Crippen molar-refractivity contribution < 1.29 is 33.3 Å². The Balaban J connectivity index is 0.000000263. The first-order valence-corrected chi connectivity index (χ1v) is 7.50. The molecule has 0 bridgehead atoms. The van der Waals surface area contributed by atoms with Crippen molar-refractivity contribution in [3.8, 4) is 28.7 Å². The molecule has 26 heavy (non-hydrogen) atoms. The van der Waals surface area contributed by atoms with Crippen LogP contribution in [0.1, 0.15) is 20.7 Å². The van der Waals surface area contributed by atoms with E-state index in [4.69, 9.17) is 23.7 Å². The molecule has 0 aliphatic carbocycles. The Kier molecular flexibility index (Phi) is 8.49. The SMILES string of the molecule is COc1cc(OC)c(C=O)c(OC)c1.COc1ccc(OC)c(C=O)c1. The number of aldehydes is 2. The van der Waals surface area contributed by atoms with Crippen molar-refractivity contribution in [3.05, 3.63) is 41.5 Å². The maximum absolute atomic E-state index is 10.8. The van der Waals surface area contributed by atoms with E-state index in [1.54, 1.807) is 37.4 Å². The van der Waals surface area contributed by atoms with E-state index in [2.05, 4.69) is 0 Å². The summed E-state index contributed by atoms with van der Waals surface area (Å²) in [5.74, 6) is 2.68. The van der Waals surface area contributed by atoms with E-state index >= 15 is 0 Å². The molecule has 0 atom stereocenters. The predicted octanol–water partition coefficient (Wildman–Crippen LogP) is 3.04. The molecule has 0 N–H and O–H groups in total. The van der Waals surface area contributed by atoms with Crippen LogP contribution in [0.3, 0.4) is 0 Å². The van der Waals surface area contributed by atoms with E-state index < -0.39 is 0 Å². The third kappa shape index (κ3) is 5.14. The first kappa shape index (κ1) is 20.8. The Bertz CT molecular complexity index is 716. The molecule has 140 valence electrons. The number of benzene rings is 2. The van der Waals surface area contributed by atoms with Crippen molar-refractivity contribution in [1.29, 1.82) is 0 Å². The summed E-state index contributed by atoms with van der Waals surface area (Å²) in [6.07, 6.45) is 1.43. The number of methoxy groups -OCH3 is 5. The summed E-state index contributed by atoms with van der Waals surface area (Å²) < 4.78 is 25.0. The molecule has 0 aromatic heterocycles. The second kappa shape index (κ2) is 10.6. The summed E-state index contributed by atoms with van der Waals surface area (Å²) in [5.41, 5.74) is 0.882. The minimum absolute atomic E-state index is 0.385. The van der Waals surface area contributed by atoms with Gasteiger partial charge < -0.3 is 23.7 Å². The topological polar surface area (TPSA) is 80.3 Å². The van der Waals surface area contributed by atoms with E-state index in [1.807, 2.05) is 0 Å². The van der Waals surface area contributed by atoms with Gasteiger partial charge in [0, 0.05) is 12.1 Å². The molecule has 0 amide bonds. The molecular formula is C19H22O7. The Hall–Kier alpha value is -3.22. The fraction of sp³-hybridized carbons (Fsp3) is 0.263. The molecule has 7 heteroatoms. The monoisotopic (exact) mass is 362 g/mol. The number of hydrogen-bond donors (Lipinski definition) is 0. The average molecular weight is 362 g/mol. The van der Waals surface area contributed by atoms with Gasteiger partial charge in [-0.3, -0.25) is 9.59 Å². The molecule has 0 saturated heterocycles. The van der Waals surface area contributed by atoms with Crippen molar-refractivity contribution in [3.63, 3.8) is 0 Å². The molecule has 7 nitrogen and oxygen atoms in total. The Morgan fingerprint density at radius 2 is 1.15 bits per heavy atom. The van der Waals surface area contributed by atoms with Gasteiger partial charge >= 0.3 is 0 Å². The van der Waals surface area contributed by atoms with Crippen LogP contribution in [0, 0.1) is 0 Å². The molecule has 0 saturated carbocycles. The zero-order valence-corrected chi connectivity index (χ0v) is 15.4. The average Bonchev–Trinajstić information content (AvgIpc) is 2.72. The van der Waals surface area contributed by atoms with Crippen LogP contribution in [0.4, 0.5) is 0 Å². The van der Waals surface area contributed by atoms with Crippen LogP contribution < -0.4 is 23.7 Å². The van der Waals surface area contributed by atoms with Crippen molar-refractivity contribution in [2.75, 3.05) is 35.5 Å². The summed E-state index contributed by atoms with van der Waals surface area (Å²) >= 11 is 0. The van der Waals surface area contributed by atoms with Crippen LogP contribution in [-0.4, -0.2) is 48.1 Å². The Labute approximate surface area is 152 Å². The van der Waals surface area contributed by atoms with Crippen molar-refractivity contribution in [2.45, 2.75) is 0 Å². The normalized spacial score (nSPS) is 9.27. The largest absolute Gasteiger partial charge is 0.497 e. The lowest BCUT2D eigenvalue weighted by atomic mass is 10.2. The second-order valence-corrected chi connectivity index (χ2v) is 4.79. The summed E-state index contributed by atoms with van der Waals surface area (Å²) in [4.78, 5) is 21.3. The highest BCUT2D eigenvalue weighted by atomic mass is 16.5. The zero-order valence-electron chi connectivity index (χ0n) is 15.4. The Morgan fingerprint density at radius 1 is 0.615 bits per heavy atom. The molecule has 0 fully saturated rings. The van der Waals surface area contributed by atoms with E-state index in [9.17, 15) is 9.59 Å². The van der Waals surface area contributed by atoms with Gasteiger partial charge in [-0.15, -0.1) is 0 Å². The van der Waals surface area contributed by atoms with E-state index in [0.717, 1.165) is 6.29 Å². The molecule has 2 aromatic rings. The maximum Gasteiger partial charge on any atom is 0.157 e. The molecule has 0 aliphatic heterocycles. The fourth-order valence-electron chi connectivity index (χ4n) is 2.08. The van der Waals surface area contributed by atoms with E-state index in [1.165, 1.54) is 28.4 Å². The molecule has 0 radical (unpaired) electrons. The van der Waals surface area contributed by atoms with Crippen molar-refractivity contribution >= 4 is 12.6 Å². The molecule has 0 aliphatic rings. The van der Waals surface area contributed by atoms with Gasteiger partial charge in [0.05, 0.1) is 46.7 Å². The van der Waals surface area contributed by atoms with Crippen LogP contribution in [0.25, 0.3) is 0 Å². The maximum atomic E-state index is 10.8. The molecule has 0 unspecified atom stereocenters. The van der Waals surface area contributed by atoms with Crippen LogP contribution in [-0.2, 0) is 0 Å². The lowest BCUT2D eigenvalue weighted by Gasteiger charge is -2.10. The van der Waals surface area contributed by atoms with Gasteiger partial charge in [-0.05, 0) is 18.2 Å². The van der Waals surface area contributed by atoms with Crippen LogP contribution in [0.15, 0.2) is 30.3 Å². The minimum atomic E-state index is 0.385. The van der Waals surface area contributed by atoms with Gasteiger partial charge in [0.15, 0.2) is 12.6 Å². The van der Waals surface area contributed by atoms with Gasteiger partial charge in [0.2, 0.25) is 0 Å². The first-order valence-electron chi connectivity index (χ1n) is 7.50. The fourth-order valence-corrected chi connectivity index (χ4v) is 2.08. The number of carbonyl (C=O) groups excluding carboxylic acids is 2. The summed E-state index contributed by atoms with van der Waals surface area (Å²) in [6, 6.07) is 8.33. The quantitative estimate of drug-likeness (QED) is 0.700. The van der Waals surface area contributed by atoms with Crippen molar-refractivity contribution in [2.24, 2.45) is 0 Å². The van der Waals surface area contributed by atoms with Gasteiger partial charge in [0.1, 0.15) is 28.7 Å². The lowest BCUT2D eigenvalue weighted by molar-refractivity contribution is 0.111. The van der Waals surface area contributed by atoms with Gasteiger partial charge in [0.25, 0.3) is 0 Å². The van der Waals surface area contributed by atoms with Crippen LogP contribution in [0.2, 0.25) is 0 Å². The first-order chi connectivity index (χ1) is 12.6. The summed E-state index contributed by atoms with van der Waals surface area (Å²) in [6.45, 7) is 0. The van der Waals surface area contributed by atoms with Crippen LogP contribution >= 0.6 is 0 Å². The highest BCUT2D eigenvalue weighted by molar-refractivity contribution is 5.84. The minimum Gasteiger partial charge on any atom is -0.497 e. The van der Waals surface area contributed by atoms with Crippen molar-refractivity contribution in [1.82, 2.24) is 0 Å². The highest BCUT2D eigenvalue weighted by Crippen LogP contribution is 2.32. The third-order valence-corrected chi connectivity index (χ3v) is 3.43. The zero-order chi connectivity index (χ0) is 19.5. The summed E-state index contributed by atoms with van der Waals surface area (Å²) in [7, 11) is 7.59. The molecule has 0 spiro atoms. The van der Waals surface area contributed by atoms with E-state index in [-0.39, 0.29) is 0 Å². The molecule has 2 rings (SSSR count).